The molecule has 1 fully saturated rings. The Morgan fingerprint density at radius 2 is 1.75 bits per heavy atom. The van der Waals surface area contributed by atoms with Crippen LogP contribution in [0.1, 0.15) is 5.69 Å². The van der Waals surface area contributed by atoms with E-state index in [2.05, 4.69) is 41.4 Å². The molecule has 0 aliphatic carbocycles. The lowest BCUT2D eigenvalue weighted by Gasteiger charge is -2.23. The zero-order valence-corrected chi connectivity index (χ0v) is 13.7. The quantitative estimate of drug-likeness (QED) is 0.725. The number of nitrogen functional groups attached to an aromatic ring is 1. The van der Waals surface area contributed by atoms with Gasteiger partial charge in [0.15, 0.2) is 0 Å². The average Bonchev–Trinajstić information content (AvgIpc) is 2.64. The lowest BCUT2D eigenvalue weighted by Crippen LogP contribution is -3.12. The van der Waals surface area contributed by atoms with E-state index < -0.39 is 0 Å². The van der Waals surface area contributed by atoms with E-state index in [4.69, 9.17) is 10.5 Å². The first-order valence-electron chi connectivity index (χ1n) is 8.45. The van der Waals surface area contributed by atoms with Gasteiger partial charge in [-0.25, -0.2) is 0 Å². The van der Waals surface area contributed by atoms with Crippen LogP contribution in [0.2, 0.25) is 0 Å². The first-order chi connectivity index (χ1) is 11.8. The number of morpholine rings is 1. The second-order valence-corrected chi connectivity index (χ2v) is 6.33. The van der Waals surface area contributed by atoms with Gasteiger partial charge in [0.25, 0.3) is 0 Å². The van der Waals surface area contributed by atoms with Gasteiger partial charge in [0.1, 0.15) is 19.6 Å². The number of nitrogens with zero attached hydrogens (tertiary/aromatic N) is 1. The van der Waals surface area contributed by atoms with E-state index in [0.29, 0.717) is 0 Å². The number of pyridine rings is 1. The van der Waals surface area contributed by atoms with E-state index >= 15 is 0 Å². The number of hydrogen-bond acceptors (Lipinski definition) is 3. The number of fused-ring (bicyclic) bond motifs is 1. The Bertz CT molecular complexity index is 839. The van der Waals surface area contributed by atoms with Crippen molar-refractivity contribution in [1.82, 2.24) is 4.98 Å². The van der Waals surface area contributed by atoms with Crippen molar-refractivity contribution in [2.24, 2.45) is 0 Å². The van der Waals surface area contributed by atoms with Gasteiger partial charge in [-0.2, -0.15) is 0 Å². The summed E-state index contributed by atoms with van der Waals surface area (Å²) in [6.45, 7) is 4.79. The summed E-state index contributed by atoms with van der Waals surface area (Å²) in [5.41, 5.74) is 10.4. The molecule has 24 heavy (non-hydrogen) atoms. The van der Waals surface area contributed by atoms with Crippen LogP contribution in [0.15, 0.2) is 54.7 Å². The lowest BCUT2D eigenvalue weighted by molar-refractivity contribution is -0.921. The summed E-state index contributed by atoms with van der Waals surface area (Å²) in [6.07, 6.45) is 1.98. The molecule has 0 amide bonds. The number of quaternary nitrogens is 1. The highest BCUT2D eigenvalue weighted by molar-refractivity contribution is 6.02. The fourth-order valence-corrected chi connectivity index (χ4v) is 3.36. The van der Waals surface area contributed by atoms with Crippen LogP contribution in [0.25, 0.3) is 21.9 Å². The maximum absolute atomic E-state index is 6.10. The normalized spacial score (nSPS) is 15.7. The summed E-state index contributed by atoms with van der Waals surface area (Å²) in [4.78, 5) is 6.23. The largest absolute Gasteiger partial charge is 0.398 e. The smallest absolute Gasteiger partial charge is 0.120 e. The van der Waals surface area contributed by atoms with Gasteiger partial charge in [-0.3, -0.25) is 4.98 Å². The highest BCUT2D eigenvalue weighted by Crippen LogP contribution is 2.31. The fraction of sp³-hybridized carbons (Fsp3) is 0.250. The van der Waals surface area contributed by atoms with Crippen LogP contribution in [0.4, 0.5) is 5.69 Å². The molecule has 3 aromatic rings. The second kappa shape index (κ2) is 6.59. The van der Waals surface area contributed by atoms with Gasteiger partial charge < -0.3 is 15.4 Å². The topological polar surface area (TPSA) is 52.6 Å². The molecule has 2 aromatic carbocycles. The molecule has 1 saturated heterocycles. The Balaban J connectivity index is 1.62. The molecule has 0 radical (unpaired) electrons. The van der Waals surface area contributed by atoms with Crippen LogP contribution in [0.3, 0.4) is 0 Å². The molecule has 4 nitrogen and oxygen atoms in total. The molecule has 122 valence electrons. The average molecular weight is 320 g/mol. The predicted molar refractivity (Wildman–Crippen MR) is 96.8 cm³/mol. The van der Waals surface area contributed by atoms with Crippen molar-refractivity contribution in [1.29, 1.82) is 0 Å². The first-order valence-corrected chi connectivity index (χ1v) is 8.45. The minimum absolute atomic E-state index is 0.815. The summed E-state index contributed by atoms with van der Waals surface area (Å²) in [6, 6.07) is 16.6. The van der Waals surface area contributed by atoms with Crippen molar-refractivity contribution in [3.05, 3.63) is 60.4 Å². The summed E-state index contributed by atoms with van der Waals surface area (Å²) >= 11 is 0. The molecular weight excluding hydrogens is 298 g/mol. The van der Waals surface area contributed by atoms with Crippen LogP contribution in [-0.2, 0) is 11.3 Å². The van der Waals surface area contributed by atoms with Crippen molar-refractivity contribution in [3.8, 4) is 11.1 Å². The van der Waals surface area contributed by atoms with Crippen LogP contribution in [0.5, 0.6) is 0 Å². The molecule has 0 atom stereocenters. The van der Waals surface area contributed by atoms with E-state index in [9.17, 15) is 0 Å². The van der Waals surface area contributed by atoms with Gasteiger partial charge in [-0.05, 0) is 23.1 Å². The third-order valence-electron chi connectivity index (χ3n) is 4.72. The van der Waals surface area contributed by atoms with Crippen molar-refractivity contribution in [3.63, 3.8) is 0 Å². The molecule has 3 N–H and O–H groups in total. The minimum atomic E-state index is 0.815. The third-order valence-corrected chi connectivity index (χ3v) is 4.72. The number of nitrogens with two attached hydrogens (primary N) is 1. The highest BCUT2D eigenvalue weighted by atomic mass is 16.5. The maximum atomic E-state index is 6.10. The number of hydrogen-bond donors (Lipinski definition) is 2. The summed E-state index contributed by atoms with van der Waals surface area (Å²) in [5.74, 6) is 0. The molecular formula is C20H22N3O+. The summed E-state index contributed by atoms with van der Waals surface area (Å²) in [7, 11) is 0. The number of ether oxygens (including phenoxy) is 1. The van der Waals surface area contributed by atoms with Gasteiger partial charge in [0.2, 0.25) is 0 Å². The van der Waals surface area contributed by atoms with Crippen molar-refractivity contribution < 1.29 is 9.64 Å². The molecule has 0 saturated carbocycles. The van der Waals surface area contributed by atoms with E-state index in [-0.39, 0.29) is 0 Å². The predicted octanol–water partition coefficient (Wildman–Crippen LogP) is 1.90. The van der Waals surface area contributed by atoms with E-state index in [1.54, 1.807) is 4.90 Å². The number of aromatic nitrogens is 1. The molecule has 4 rings (SSSR count). The summed E-state index contributed by atoms with van der Waals surface area (Å²) < 4.78 is 5.41. The standard InChI is InChI=1S/C20H21N3O/c21-20-8-7-17(18-3-1-2-4-19(18)20)15-5-6-16(22-13-15)14-23-9-11-24-12-10-23/h1-8,13H,9-12,14,21H2/p+1. The molecule has 4 heteroatoms. The van der Waals surface area contributed by atoms with Crippen molar-refractivity contribution in [2.75, 3.05) is 32.0 Å². The highest BCUT2D eigenvalue weighted by Gasteiger charge is 2.15. The van der Waals surface area contributed by atoms with Gasteiger partial charge in [0.05, 0.1) is 18.9 Å². The Kier molecular flexibility index (Phi) is 4.15. The molecule has 0 bridgehead atoms. The molecule has 1 aromatic heterocycles. The zero-order chi connectivity index (χ0) is 16.4. The number of rotatable bonds is 3. The second-order valence-electron chi connectivity index (χ2n) is 6.33. The molecule has 2 heterocycles. The van der Waals surface area contributed by atoms with E-state index in [0.717, 1.165) is 55.2 Å². The monoisotopic (exact) mass is 320 g/mol. The Labute approximate surface area is 141 Å². The van der Waals surface area contributed by atoms with Crippen molar-refractivity contribution >= 4 is 16.5 Å². The number of anilines is 1. The SMILES string of the molecule is Nc1ccc(-c2ccc(C[NH+]3CCOCC3)nc2)c2ccccc12. The van der Waals surface area contributed by atoms with Crippen LogP contribution in [0, 0.1) is 0 Å². The van der Waals surface area contributed by atoms with E-state index in [1.807, 2.05) is 18.3 Å². The van der Waals surface area contributed by atoms with Crippen LogP contribution < -0.4 is 10.6 Å². The summed E-state index contributed by atoms with van der Waals surface area (Å²) in [5, 5.41) is 2.27. The molecule has 1 aliphatic rings. The minimum Gasteiger partial charge on any atom is -0.398 e. The third kappa shape index (κ3) is 2.98. The van der Waals surface area contributed by atoms with Gasteiger partial charge >= 0.3 is 0 Å². The molecule has 1 aliphatic heterocycles. The van der Waals surface area contributed by atoms with Gasteiger partial charge in [0, 0.05) is 22.8 Å². The first kappa shape index (κ1) is 15.1. The van der Waals surface area contributed by atoms with Crippen molar-refractivity contribution in [2.45, 2.75) is 6.54 Å². The number of benzene rings is 2. The van der Waals surface area contributed by atoms with Gasteiger partial charge in [-0.15, -0.1) is 0 Å². The fourth-order valence-electron chi connectivity index (χ4n) is 3.36. The molecule has 0 unspecified atom stereocenters. The molecule has 0 spiro atoms. The lowest BCUT2D eigenvalue weighted by atomic mass is 9.98. The Morgan fingerprint density at radius 1 is 0.958 bits per heavy atom. The van der Waals surface area contributed by atoms with E-state index in [1.165, 1.54) is 10.9 Å². The Hall–Kier alpha value is -2.43. The van der Waals surface area contributed by atoms with Gasteiger partial charge in [-0.1, -0.05) is 36.4 Å². The van der Waals surface area contributed by atoms with Crippen LogP contribution >= 0.6 is 0 Å². The van der Waals surface area contributed by atoms with Crippen LogP contribution in [-0.4, -0.2) is 31.3 Å². The number of nitrogens with one attached hydrogen (secondary N) is 1. The Morgan fingerprint density at radius 3 is 2.50 bits per heavy atom. The maximum Gasteiger partial charge on any atom is 0.120 e. The zero-order valence-electron chi connectivity index (χ0n) is 13.7.